The molecule has 1 aromatic carbocycles. The van der Waals surface area contributed by atoms with E-state index in [1.165, 1.54) is 24.4 Å². The van der Waals surface area contributed by atoms with Gasteiger partial charge < -0.3 is 5.11 Å². The van der Waals surface area contributed by atoms with Gasteiger partial charge in [0.15, 0.2) is 5.69 Å². The fourth-order valence-corrected chi connectivity index (χ4v) is 1.65. The topological polar surface area (TPSA) is 55.1 Å². The number of nitrogens with zero attached hydrogens (tertiary/aromatic N) is 2. The molecule has 19 heavy (non-hydrogen) atoms. The Labute approximate surface area is 106 Å². The van der Waals surface area contributed by atoms with Crippen molar-refractivity contribution in [2.75, 3.05) is 0 Å². The minimum atomic E-state index is -4.50. The maximum Gasteiger partial charge on any atom is 0.435 e. The van der Waals surface area contributed by atoms with E-state index in [-0.39, 0.29) is 5.56 Å². The zero-order valence-electron chi connectivity index (χ0n) is 9.77. The molecule has 2 rings (SSSR count). The molecular formula is C12H9F3N2O2. The van der Waals surface area contributed by atoms with Gasteiger partial charge in [-0.1, -0.05) is 0 Å². The molecule has 0 aliphatic heterocycles. The van der Waals surface area contributed by atoms with Crippen LogP contribution in [-0.4, -0.2) is 20.9 Å². The minimum Gasteiger partial charge on any atom is -0.478 e. The van der Waals surface area contributed by atoms with E-state index in [1.807, 2.05) is 0 Å². The largest absolute Gasteiger partial charge is 0.478 e. The van der Waals surface area contributed by atoms with Crippen molar-refractivity contribution < 1.29 is 23.1 Å². The number of carbonyl (C=O) groups is 1. The number of carboxylic acid groups (broad SMARTS) is 1. The smallest absolute Gasteiger partial charge is 0.435 e. The molecule has 1 heterocycles. The SMILES string of the molecule is Cc1cc(-n2ccc(C(F)(F)F)n2)ccc1C(=O)O. The number of aryl methyl sites for hydroxylation is 1. The lowest BCUT2D eigenvalue weighted by Gasteiger charge is -2.06. The van der Waals surface area contributed by atoms with E-state index in [1.54, 1.807) is 6.92 Å². The lowest BCUT2D eigenvalue weighted by Crippen LogP contribution is -2.07. The lowest BCUT2D eigenvalue weighted by molar-refractivity contribution is -0.141. The summed E-state index contributed by atoms with van der Waals surface area (Å²) in [5, 5.41) is 12.3. The van der Waals surface area contributed by atoms with E-state index in [0.29, 0.717) is 11.3 Å². The Balaban J connectivity index is 2.40. The van der Waals surface area contributed by atoms with Gasteiger partial charge in [0.05, 0.1) is 11.3 Å². The summed E-state index contributed by atoms with van der Waals surface area (Å²) in [5.74, 6) is -1.08. The average Bonchev–Trinajstić information content (AvgIpc) is 2.76. The normalized spacial score (nSPS) is 11.6. The molecule has 0 amide bonds. The summed E-state index contributed by atoms with van der Waals surface area (Å²) in [7, 11) is 0. The number of aromatic nitrogens is 2. The molecule has 0 saturated heterocycles. The Kier molecular flexibility index (Phi) is 3.05. The number of carboxylic acids is 1. The van der Waals surface area contributed by atoms with E-state index in [4.69, 9.17) is 5.11 Å². The molecule has 0 fully saturated rings. The van der Waals surface area contributed by atoms with Gasteiger partial charge in [-0.3, -0.25) is 0 Å². The molecule has 0 atom stereocenters. The zero-order chi connectivity index (χ0) is 14.2. The van der Waals surface area contributed by atoms with Crippen molar-refractivity contribution >= 4 is 5.97 Å². The van der Waals surface area contributed by atoms with Crippen LogP contribution in [0.1, 0.15) is 21.6 Å². The van der Waals surface area contributed by atoms with Crippen LogP contribution in [0.25, 0.3) is 5.69 Å². The summed E-state index contributed by atoms with van der Waals surface area (Å²) in [4.78, 5) is 10.8. The van der Waals surface area contributed by atoms with Crippen LogP contribution in [0.15, 0.2) is 30.5 Å². The summed E-state index contributed by atoms with van der Waals surface area (Å²) < 4.78 is 38.3. The quantitative estimate of drug-likeness (QED) is 0.912. The highest BCUT2D eigenvalue weighted by atomic mass is 19.4. The minimum absolute atomic E-state index is 0.104. The van der Waals surface area contributed by atoms with Gasteiger partial charge in [0.2, 0.25) is 0 Å². The number of aromatic carboxylic acids is 1. The second kappa shape index (κ2) is 4.42. The standard InChI is InChI=1S/C12H9F3N2O2/c1-7-6-8(2-3-9(7)11(18)19)17-5-4-10(16-17)12(13,14)15/h2-6H,1H3,(H,18,19). The van der Waals surface area contributed by atoms with Crippen LogP contribution in [0.5, 0.6) is 0 Å². The van der Waals surface area contributed by atoms with Crippen LogP contribution in [-0.2, 0) is 6.18 Å². The molecule has 0 spiro atoms. The monoisotopic (exact) mass is 270 g/mol. The zero-order valence-corrected chi connectivity index (χ0v) is 9.77. The van der Waals surface area contributed by atoms with Crippen molar-refractivity contribution in [1.29, 1.82) is 0 Å². The van der Waals surface area contributed by atoms with Crippen LogP contribution in [0, 0.1) is 6.92 Å². The number of hydrogen-bond acceptors (Lipinski definition) is 2. The summed E-state index contributed by atoms with van der Waals surface area (Å²) in [6.45, 7) is 1.57. The highest BCUT2D eigenvalue weighted by molar-refractivity contribution is 5.89. The Morgan fingerprint density at radius 2 is 2.00 bits per heavy atom. The third-order valence-electron chi connectivity index (χ3n) is 2.58. The van der Waals surface area contributed by atoms with Gasteiger partial charge in [-0.05, 0) is 36.8 Å². The van der Waals surface area contributed by atoms with Crippen LogP contribution >= 0.6 is 0 Å². The van der Waals surface area contributed by atoms with Gasteiger partial charge in [0.1, 0.15) is 0 Å². The predicted molar refractivity (Wildman–Crippen MR) is 60.3 cm³/mol. The van der Waals surface area contributed by atoms with Crippen molar-refractivity contribution in [3.63, 3.8) is 0 Å². The highest BCUT2D eigenvalue weighted by Gasteiger charge is 2.33. The van der Waals surface area contributed by atoms with Crippen LogP contribution < -0.4 is 0 Å². The maximum absolute atomic E-state index is 12.4. The molecule has 0 bridgehead atoms. The lowest BCUT2D eigenvalue weighted by atomic mass is 10.1. The van der Waals surface area contributed by atoms with Crippen molar-refractivity contribution in [2.24, 2.45) is 0 Å². The molecule has 7 heteroatoms. The fraction of sp³-hybridized carbons (Fsp3) is 0.167. The molecule has 4 nitrogen and oxygen atoms in total. The summed E-state index contributed by atoms with van der Waals surface area (Å²) in [5.41, 5.74) is -0.0635. The van der Waals surface area contributed by atoms with Crippen LogP contribution in [0.4, 0.5) is 13.2 Å². The summed E-state index contributed by atoms with van der Waals surface area (Å²) >= 11 is 0. The Bertz CT molecular complexity index is 632. The van der Waals surface area contributed by atoms with Gasteiger partial charge >= 0.3 is 12.1 Å². The maximum atomic E-state index is 12.4. The number of benzene rings is 1. The number of alkyl halides is 3. The van der Waals surface area contributed by atoms with E-state index in [9.17, 15) is 18.0 Å². The van der Waals surface area contributed by atoms with E-state index >= 15 is 0 Å². The van der Waals surface area contributed by atoms with Crippen LogP contribution in [0.2, 0.25) is 0 Å². The second-order valence-electron chi connectivity index (χ2n) is 3.95. The van der Waals surface area contributed by atoms with Crippen LogP contribution in [0.3, 0.4) is 0 Å². The first-order valence-corrected chi connectivity index (χ1v) is 5.26. The molecule has 1 N–H and O–H groups in total. The van der Waals surface area contributed by atoms with E-state index in [2.05, 4.69) is 5.10 Å². The Morgan fingerprint density at radius 1 is 1.32 bits per heavy atom. The Hall–Kier alpha value is -2.31. The fourth-order valence-electron chi connectivity index (χ4n) is 1.65. The summed E-state index contributed by atoms with van der Waals surface area (Å²) in [6.07, 6.45) is -3.32. The molecule has 0 aliphatic carbocycles. The molecule has 1 aromatic heterocycles. The molecule has 0 saturated carbocycles. The molecule has 0 radical (unpaired) electrons. The first-order valence-electron chi connectivity index (χ1n) is 5.26. The first kappa shape index (κ1) is 13.1. The van der Waals surface area contributed by atoms with Gasteiger partial charge in [-0.2, -0.15) is 18.3 Å². The molecule has 0 aliphatic rings. The Morgan fingerprint density at radius 3 is 2.47 bits per heavy atom. The molecule has 2 aromatic rings. The molecular weight excluding hydrogens is 261 g/mol. The second-order valence-corrected chi connectivity index (χ2v) is 3.95. The average molecular weight is 270 g/mol. The van der Waals surface area contributed by atoms with Gasteiger partial charge in [0.25, 0.3) is 0 Å². The number of rotatable bonds is 2. The van der Waals surface area contributed by atoms with E-state index < -0.39 is 17.8 Å². The predicted octanol–water partition coefficient (Wildman–Crippen LogP) is 2.90. The molecule has 0 unspecified atom stereocenters. The number of hydrogen-bond donors (Lipinski definition) is 1. The molecule has 100 valence electrons. The third kappa shape index (κ3) is 2.59. The van der Waals surface area contributed by atoms with Crippen molar-refractivity contribution in [2.45, 2.75) is 13.1 Å². The van der Waals surface area contributed by atoms with Crippen molar-refractivity contribution in [3.8, 4) is 5.69 Å². The van der Waals surface area contributed by atoms with Gasteiger partial charge in [-0.15, -0.1) is 0 Å². The van der Waals surface area contributed by atoms with Gasteiger partial charge in [0, 0.05) is 6.20 Å². The third-order valence-corrected chi connectivity index (χ3v) is 2.58. The van der Waals surface area contributed by atoms with Crippen molar-refractivity contribution in [3.05, 3.63) is 47.3 Å². The van der Waals surface area contributed by atoms with Gasteiger partial charge in [-0.25, -0.2) is 9.48 Å². The summed E-state index contributed by atoms with van der Waals surface area (Å²) in [6, 6.07) is 5.07. The van der Waals surface area contributed by atoms with Crippen molar-refractivity contribution in [1.82, 2.24) is 9.78 Å². The highest BCUT2D eigenvalue weighted by Crippen LogP contribution is 2.28. The number of halogens is 3. The van der Waals surface area contributed by atoms with E-state index in [0.717, 1.165) is 10.7 Å². The first-order chi connectivity index (χ1) is 8.79.